The Labute approximate surface area is 158 Å². The summed E-state index contributed by atoms with van der Waals surface area (Å²) in [5.41, 5.74) is 9.57. The number of hydrazine groups is 2. The van der Waals surface area contributed by atoms with Gasteiger partial charge in [0.15, 0.2) is 0 Å². The molecule has 2 aliphatic rings. The van der Waals surface area contributed by atoms with E-state index in [1.165, 1.54) is 0 Å². The highest BCUT2D eigenvalue weighted by molar-refractivity contribution is 5.97. The van der Waals surface area contributed by atoms with E-state index in [-0.39, 0.29) is 31.0 Å². The quantitative estimate of drug-likeness (QED) is 0.530. The minimum atomic E-state index is -0.176. The van der Waals surface area contributed by atoms with E-state index in [9.17, 15) is 0 Å². The van der Waals surface area contributed by atoms with Gasteiger partial charge in [0.1, 0.15) is 6.17 Å². The molecule has 8 heteroatoms. The third-order valence-electron chi connectivity index (χ3n) is 4.29. The lowest BCUT2D eigenvalue weighted by Crippen LogP contribution is -2.60. The van der Waals surface area contributed by atoms with Crippen LogP contribution in [-0.2, 0) is 6.42 Å². The zero-order valence-electron chi connectivity index (χ0n) is 13.4. The van der Waals surface area contributed by atoms with Crippen LogP contribution in [0.25, 0.3) is 12.3 Å². The second-order valence-electron chi connectivity index (χ2n) is 5.79. The molecule has 0 fully saturated rings. The van der Waals surface area contributed by atoms with Crippen LogP contribution in [0.1, 0.15) is 5.56 Å². The molecule has 1 unspecified atom stereocenters. The smallest absolute Gasteiger partial charge is 0.134 e. The number of nitrogens with zero attached hydrogens (tertiary/aromatic N) is 3. The molecule has 2 aliphatic heterocycles. The van der Waals surface area contributed by atoms with Gasteiger partial charge in [-0.25, -0.2) is 11.7 Å². The fraction of sp³-hybridized carbons (Fsp3) is 0.118. The first kappa shape index (κ1) is 19.1. The van der Waals surface area contributed by atoms with Gasteiger partial charge in [-0.05, 0) is 35.9 Å². The van der Waals surface area contributed by atoms with Gasteiger partial charge in [0.05, 0.1) is 11.4 Å². The van der Waals surface area contributed by atoms with Gasteiger partial charge in [0.2, 0.25) is 0 Å². The first-order chi connectivity index (χ1) is 11.1. The summed E-state index contributed by atoms with van der Waals surface area (Å²) < 4.78 is 0. The topological polar surface area (TPSA) is 96.9 Å². The standard InChI is InChI=1S/C17H18N6.2ClH/c18-12-3-1-2-11(8-12)9-17-22(19)10-14-13-6-7-21-15(13)4-5-16(14)23(17)20;;/h1-8,10,17H,9,18-20H2;2*1H. The largest absolute Gasteiger partial charge is 0.399 e. The number of nitrogens with two attached hydrogens (primary N) is 3. The zero-order valence-corrected chi connectivity index (χ0v) is 15.0. The Morgan fingerprint density at radius 3 is 2.60 bits per heavy atom. The number of nitrogen functional groups attached to an aromatic ring is 1. The van der Waals surface area contributed by atoms with Crippen LogP contribution in [0, 0.1) is 0 Å². The van der Waals surface area contributed by atoms with E-state index < -0.39 is 0 Å². The van der Waals surface area contributed by atoms with Crippen LogP contribution >= 0.6 is 24.8 Å². The van der Waals surface area contributed by atoms with E-state index in [2.05, 4.69) is 4.99 Å². The van der Waals surface area contributed by atoms with Crippen LogP contribution in [0.2, 0.25) is 0 Å². The molecule has 0 aliphatic carbocycles. The van der Waals surface area contributed by atoms with Crippen molar-refractivity contribution in [3.8, 4) is 0 Å². The third-order valence-corrected chi connectivity index (χ3v) is 4.29. The number of rotatable bonds is 2. The van der Waals surface area contributed by atoms with Gasteiger partial charge in [-0.1, -0.05) is 12.1 Å². The molecule has 2 heterocycles. The van der Waals surface area contributed by atoms with E-state index in [0.717, 1.165) is 33.1 Å². The molecule has 0 bridgehead atoms. The molecule has 0 radical (unpaired) electrons. The molecule has 0 spiro atoms. The molecular weight excluding hydrogens is 359 g/mol. The number of hydrogen-bond acceptors (Lipinski definition) is 6. The predicted octanol–water partition coefficient (Wildman–Crippen LogP) is 0.785. The average Bonchev–Trinajstić information content (AvgIpc) is 3.00. The van der Waals surface area contributed by atoms with Gasteiger partial charge in [-0.3, -0.25) is 15.0 Å². The molecule has 132 valence electrons. The van der Waals surface area contributed by atoms with E-state index in [0.29, 0.717) is 6.42 Å². The summed E-state index contributed by atoms with van der Waals surface area (Å²) in [5.74, 6) is 12.6. The number of aliphatic imine (C=N–C) groups is 1. The number of hydrogen-bond donors (Lipinski definition) is 3. The average molecular weight is 379 g/mol. The highest BCUT2D eigenvalue weighted by Gasteiger charge is 2.26. The maximum atomic E-state index is 6.37. The van der Waals surface area contributed by atoms with Crippen LogP contribution in [-0.4, -0.2) is 17.4 Å². The van der Waals surface area contributed by atoms with Crippen LogP contribution in [0.5, 0.6) is 0 Å². The second-order valence-corrected chi connectivity index (χ2v) is 5.79. The van der Waals surface area contributed by atoms with Crippen molar-refractivity contribution >= 4 is 60.4 Å². The van der Waals surface area contributed by atoms with Crippen LogP contribution in [0.4, 0.5) is 17.1 Å². The molecule has 4 rings (SSSR count). The fourth-order valence-electron chi connectivity index (χ4n) is 3.13. The summed E-state index contributed by atoms with van der Waals surface area (Å²) >= 11 is 0. The fourth-order valence-corrected chi connectivity index (χ4v) is 3.13. The monoisotopic (exact) mass is 378 g/mol. The maximum absolute atomic E-state index is 6.37. The Morgan fingerprint density at radius 2 is 1.84 bits per heavy atom. The molecule has 6 nitrogen and oxygen atoms in total. The molecule has 2 aromatic carbocycles. The molecule has 2 aromatic rings. The summed E-state index contributed by atoms with van der Waals surface area (Å²) in [4.78, 5) is 4.32. The number of fused-ring (bicyclic) bond motifs is 3. The minimum Gasteiger partial charge on any atom is -0.399 e. The van der Waals surface area contributed by atoms with Crippen LogP contribution < -0.4 is 32.9 Å². The molecule has 0 aromatic heterocycles. The van der Waals surface area contributed by atoms with Crippen molar-refractivity contribution in [3.05, 3.63) is 52.4 Å². The highest BCUT2D eigenvalue weighted by atomic mass is 35.5. The molecule has 1 atom stereocenters. The van der Waals surface area contributed by atoms with Crippen molar-refractivity contribution in [1.82, 2.24) is 5.01 Å². The molecule has 0 saturated carbocycles. The van der Waals surface area contributed by atoms with Gasteiger partial charge in [-0.15, -0.1) is 24.8 Å². The summed E-state index contributed by atoms with van der Waals surface area (Å²) in [7, 11) is 0. The summed E-state index contributed by atoms with van der Waals surface area (Å²) in [5, 5.41) is 5.41. The van der Waals surface area contributed by atoms with Gasteiger partial charge in [0, 0.05) is 35.0 Å². The van der Waals surface area contributed by atoms with Gasteiger partial charge >= 0.3 is 0 Å². The van der Waals surface area contributed by atoms with Crippen molar-refractivity contribution in [1.29, 1.82) is 0 Å². The van der Waals surface area contributed by atoms with E-state index in [1.54, 1.807) is 16.2 Å². The van der Waals surface area contributed by atoms with E-state index in [4.69, 9.17) is 17.4 Å². The lowest BCUT2D eigenvalue weighted by atomic mass is 10.1. The number of anilines is 2. The van der Waals surface area contributed by atoms with Crippen molar-refractivity contribution in [2.45, 2.75) is 12.6 Å². The predicted molar refractivity (Wildman–Crippen MR) is 108 cm³/mol. The van der Waals surface area contributed by atoms with Crippen molar-refractivity contribution < 1.29 is 0 Å². The normalized spacial score (nSPS) is 16.8. The lowest BCUT2D eigenvalue weighted by Gasteiger charge is -2.38. The molecular formula is C17H20Cl2N6. The molecule has 6 N–H and O–H groups in total. The summed E-state index contributed by atoms with van der Waals surface area (Å²) in [6, 6.07) is 11.7. The van der Waals surface area contributed by atoms with E-state index >= 15 is 0 Å². The second kappa shape index (κ2) is 7.33. The maximum Gasteiger partial charge on any atom is 0.134 e. The Bertz CT molecular complexity index is 927. The lowest BCUT2D eigenvalue weighted by molar-refractivity contribution is 0.292. The van der Waals surface area contributed by atoms with Crippen molar-refractivity contribution in [2.75, 3.05) is 10.7 Å². The Balaban J connectivity index is 0.00000113. The van der Waals surface area contributed by atoms with Gasteiger partial charge < -0.3 is 5.73 Å². The molecule has 25 heavy (non-hydrogen) atoms. The summed E-state index contributed by atoms with van der Waals surface area (Å²) in [6.07, 6.45) is 6.19. The number of benzene rings is 2. The SMILES string of the molecule is Cl.Cl.Nc1cccc(CC2N(N)C=c3c(ccc4c3=CC=N4)N2N)c1. The van der Waals surface area contributed by atoms with E-state index in [1.807, 2.05) is 48.7 Å². The van der Waals surface area contributed by atoms with Crippen LogP contribution in [0.3, 0.4) is 0 Å². The Kier molecular flexibility index (Phi) is 5.59. The Morgan fingerprint density at radius 1 is 1.04 bits per heavy atom. The highest BCUT2D eigenvalue weighted by Crippen LogP contribution is 2.20. The molecule has 0 amide bonds. The number of halogens is 2. The first-order valence-electron chi connectivity index (χ1n) is 7.44. The molecule has 0 saturated heterocycles. The van der Waals surface area contributed by atoms with Crippen molar-refractivity contribution in [3.63, 3.8) is 0 Å². The first-order valence-corrected chi connectivity index (χ1v) is 7.44. The van der Waals surface area contributed by atoms with Gasteiger partial charge in [-0.2, -0.15) is 0 Å². The zero-order chi connectivity index (χ0) is 16.0. The Hall–Kier alpha value is -2.25. The van der Waals surface area contributed by atoms with Crippen molar-refractivity contribution in [2.24, 2.45) is 16.7 Å². The minimum absolute atomic E-state index is 0. The third kappa shape index (κ3) is 3.29. The van der Waals surface area contributed by atoms with Gasteiger partial charge in [0.25, 0.3) is 0 Å². The summed E-state index contributed by atoms with van der Waals surface area (Å²) in [6.45, 7) is 0. The van der Waals surface area contributed by atoms with Crippen LogP contribution in [0.15, 0.2) is 41.4 Å².